The molecule has 0 amide bonds. The Labute approximate surface area is 47.6 Å². The Hall–Kier alpha value is -0.680. The Bertz CT molecular complexity index is 133. The second-order valence-corrected chi connectivity index (χ2v) is 2.04. The highest BCUT2D eigenvalue weighted by atomic mass is 32.2. The van der Waals surface area contributed by atoms with Gasteiger partial charge in [0.2, 0.25) is 0 Å². The zero-order chi connectivity index (χ0) is 7.21. The third kappa shape index (κ3) is 18.4. The van der Waals surface area contributed by atoms with Gasteiger partial charge >= 0.3 is 0 Å². The third-order valence-corrected chi connectivity index (χ3v) is 0.632. The fraction of sp³-hybridized carbons (Fsp3) is 0. The molecular weight excluding hydrogens is 132 g/mol. The summed E-state index contributed by atoms with van der Waals surface area (Å²) >= 11 is 0. The maximum absolute atomic E-state index is 9.44. The minimum absolute atomic E-state index is 0.465. The fourth-order valence-corrected chi connectivity index (χ4v) is 0. The minimum atomic E-state index is -3.90. The summed E-state index contributed by atoms with van der Waals surface area (Å²) in [5.41, 5.74) is 0. The van der Waals surface area contributed by atoms with Crippen LogP contribution in [-0.2, 0) is 14.9 Å². The van der Waals surface area contributed by atoms with Gasteiger partial charge in [-0.05, 0) is 0 Å². The molecule has 1 N–H and O–H groups in total. The third-order valence-electron chi connectivity index (χ3n) is 0.211. The smallest absolute Gasteiger partial charge is 0.287 e. The molecule has 0 spiro atoms. The van der Waals surface area contributed by atoms with Crippen molar-refractivity contribution < 1.29 is 17.8 Å². The van der Waals surface area contributed by atoms with Gasteiger partial charge in [0.05, 0.1) is 5.41 Å². The van der Waals surface area contributed by atoms with Crippen molar-refractivity contribution in [3.63, 3.8) is 0 Å². The van der Waals surface area contributed by atoms with Gasteiger partial charge in [0.1, 0.15) is 6.79 Å². The van der Waals surface area contributed by atoms with Gasteiger partial charge < -0.3 is 4.79 Å². The van der Waals surface area contributed by atoms with Crippen molar-refractivity contribution in [2.24, 2.45) is 0 Å². The SMILES string of the molecule is C=CS(=O)(=O)O.C=O. The van der Waals surface area contributed by atoms with Crippen LogP contribution in [0, 0.1) is 0 Å². The summed E-state index contributed by atoms with van der Waals surface area (Å²) in [7, 11) is -3.90. The fourth-order valence-electron chi connectivity index (χ4n) is 0. The summed E-state index contributed by atoms with van der Waals surface area (Å²) in [6.07, 6.45) is 0. The zero-order valence-electron chi connectivity index (χ0n) is 4.07. The first-order chi connectivity index (χ1) is 3.56. The van der Waals surface area contributed by atoms with Crippen molar-refractivity contribution >= 4 is 16.9 Å². The maximum atomic E-state index is 9.44. The van der Waals surface area contributed by atoms with Crippen LogP contribution in [0.3, 0.4) is 0 Å². The number of hydrogen-bond acceptors (Lipinski definition) is 3. The molecule has 48 valence electrons. The molecule has 8 heavy (non-hydrogen) atoms. The molecule has 0 rings (SSSR count). The van der Waals surface area contributed by atoms with Crippen molar-refractivity contribution in [1.82, 2.24) is 0 Å². The lowest BCUT2D eigenvalue weighted by Gasteiger charge is -1.73. The zero-order valence-corrected chi connectivity index (χ0v) is 4.89. The molecule has 0 atom stereocenters. The van der Waals surface area contributed by atoms with E-state index in [2.05, 4.69) is 6.58 Å². The highest BCUT2D eigenvalue weighted by Gasteiger charge is 1.87. The first-order valence-corrected chi connectivity index (χ1v) is 2.95. The average Bonchev–Trinajstić information content (AvgIpc) is 1.71. The van der Waals surface area contributed by atoms with E-state index in [1.165, 1.54) is 0 Å². The van der Waals surface area contributed by atoms with Crippen LogP contribution in [0.4, 0.5) is 0 Å². The highest BCUT2D eigenvalue weighted by Crippen LogP contribution is 1.75. The van der Waals surface area contributed by atoms with Gasteiger partial charge in [0.25, 0.3) is 10.1 Å². The molecular formula is C3H6O4S. The lowest BCUT2D eigenvalue weighted by Crippen LogP contribution is -1.86. The predicted molar refractivity (Wildman–Crippen MR) is 28.9 cm³/mol. The second kappa shape index (κ2) is 4.48. The Morgan fingerprint density at radius 1 is 1.38 bits per heavy atom. The van der Waals surface area contributed by atoms with E-state index in [1.807, 2.05) is 6.79 Å². The van der Waals surface area contributed by atoms with E-state index in [0.29, 0.717) is 5.41 Å². The van der Waals surface area contributed by atoms with Crippen molar-refractivity contribution in [2.45, 2.75) is 0 Å². The van der Waals surface area contributed by atoms with Crippen molar-refractivity contribution in [3.8, 4) is 0 Å². The highest BCUT2D eigenvalue weighted by molar-refractivity contribution is 7.88. The molecule has 4 nitrogen and oxygen atoms in total. The van der Waals surface area contributed by atoms with Crippen LogP contribution in [0.5, 0.6) is 0 Å². The van der Waals surface area contributed by atoms with Gasteiger partial charge in [-0.15, -0.1) is 0 Å². The number of hydrogen-bond donors (Lipinski definition) is 1. The van der Waals surface area contributed by atoms with Gasteiger partial charge in [-0.3, -0.25) is 4.55 Å². The van der Waals surface area contributed by atoms with Crippen molar-refractivity contribution in [3.05, 3.63) is 12.0 Å². The molecule has 0 aliphatic heterocycles. The Morgan fingerprint density at radius 2 is 1.50 bits per heavy atom. The molecule has 0 fully saturated rings. The molecule has 0 radical (unpaired) electrons. The van der Waals surface area contributed by atoms with Crippen LogP contribution < -0.4 is 0 Å². The first-order valence-electron chi connectivity index (χ1n) is 1.45. The van der Waals surface area contributed by atoms with Crippen LogP contribution in [0.2, 0.25) is 0 Å². The summed E-state index contributed by atoms with van der Waals surface area (Å²) in [5.74, 6) is 0. The average molecular weight is 138 g/mol. The standard InChI is InChI=1S/C2H4O3S.CH2O/c1-2-6(3,4)5;1-2/h2H,1H2,(H,3,4,5);1H2. The molecule has 0 aliphatic rings. The molecule has 0 aromatic rings. The van der Waals surface area contributed by atoms with E-state index in [1.54, 1.807) is 0 Å². The van der Waals surface area contributed by atoms with E-state index in [0.717, 1.165) is 0 Å². The number of carbonyl (C=O) groups excluding carboxylic acids is 1. The lowest BCUT2D eigenvalue weighted by atomic mass is 11.3. The molecule has 0 unspecified atom stereocenters. The van der Waals surface area contributed by atoms with E-state index in [-0.39, 0.29) is 0 Å². The summed E-state index contributed by atoms with van der Waals surface area (Å²) in [6.45, 7) is 4.79. The van der Waals surface area contributed by atoms with Crippen LogP contribution >= 0.6 is 0 Å². The van der Waals surface area contributed by atoms with E-state index < -0.39 is 10.1 Å². The molecule has 0 aliphatic carbocycles. The van der Waals surface area contributed by atoms with Crippen LogP contribution in [0.15, 0.2) is 12.0 Å². The lowest BCUT2D eigenvalue weighted by molar-refractivity contribution is -0.0979. The Kier molecular flexibility index (Phi) is 5.78. The van der Waals surface area contributed by atoms with Crippen LogP contribution in [0.1, 0.15) is 0 Å². The van der Waals surface area contributed by atoms with Gasteiger partial charge in [-0.1, -0.05) is 6.58 Å². The van der Waals surface area contributed by atoms with E-state index in [9.17, 15) is 8.42 Å². The largest absolute Gasteiger partial charge is 0.307 e. The molecule has 0 aromatic carbocycles. The molecule has 0 aromatic heterocycles. The molecule has 0 saturated carbocycles. The molecule has 5 heteroatoms. The number of carbonyl (C=O) groups is 1. The maximum Gasteiger partial charge on any atom is 0.287 e. The van der Waals surface area contributed by atoms with E-state index in [4.69, 9.17) is 9.35 Å². The summed E-state index contributed by atoms with van der Waals surface area (Å²) in [4.78, 5) is 8.00. The van der Waals surface area contributed by atoms with Gasteiger partial charge in [-0.2, -0.15) is 8.42 Å². The second-order valence-electron chi connectivity index (χ2n) is 0.682. The van der Waals surface area contributed by atoms with Crippen molar-refractivity contribution in [1.29, 1.82) is 0 Å². The Morgan fingerprint density at radius 3 is 1.50 bits per heavy atom. The van der Waals surface area contributed by atoms with Crippen molar-refractivity contribution in [2.75, 3.05) is 0 Å². The normalized spacial score (nSPS) is 8.62. The van der Waals surface area contributed by atoms with Crippen LogP contribution in [-0.4, -0.2) is 19.8 Å². The molecule has 0 heterocycles. The predicted octanol–water partition coefficient (Wildman–Crippen LogP) is -0.167. The Balaban J connectivity index is 0. The van der Waals surface area contributed by atoms with Crippen LogP contribution in [0.25, 0.3) is 0 Å². The number of rotatable bonds is 1. The van der Waals surface area contributed by atoms with Gasteiger partial charge in [0, 0.05) is 0 Å². The summed E-state index contributed by atoms with van der Waals surface area (Å²) in [6, 6.07) is 0. The molecule has 0 bridgehead atoms. The summed E-state index contributed by atoms with van der Waals surface area (Å²) in [5, 5.41) is 0.465. The summed E-state index contributed by atoms with van der Waals surface area (Å²) < 4.78 is 26.6. The monoisotopic (exact) mass is 138 g/mol. The topological polar surface area (TPSA) is 71.4 Å². The van der Waals surface area contributed by atoms with Gasteiger partial charge in [0.15, 0.2) is 0 Å². The van der Waals surface area contributed by atoms with Gasteiger partial charge in [-0.25, -0.2) is 0 Å². The first kappa shape index (κ1) is 10.3. The quantitative estimate of drug-likeness (QED) is 0.511. The minimum Gasteiger partial charge on any atom is -0.307 e. The van der Waals surface area contributed by atoms with E-state index >= 15 is 0 Å². The molecule has 0 saturated heterocycles.